The van der Waals surface area contributed by atoms with Gasteiger partial charge >= 0.3 is 0 Å². The third kappa shape index (κ3) is 3.21. The molecule has 6 heteroatoms. The summed E-state index contributed by atoms with van der Waals surface area (Å²) in [5.41, 5.74) is 2.23. The quantitative estimate of drug-likeness (QED) is 0.458. The molecule has 2 aromatic carbocycles. The standard InChI is InChI=1S/C22H22O6/c1-12(2)11-28-16-10-15(22(26-4)27-5)21(25-3)18-17(16)19(23)13-8-6-7-9-14(13)20(18)24/h6-10,22H,1,11H2,2-5H3. The first-order valence-corrected chi connectivity index (χ1v) is 8.70. The third-order valence-electron chi connectivity index (χ3n) is 4.50. The van der Waals surface area contributed by atoms with Gasteiger partial charge in [0.1, 0.15) is 18.1 Å². The molecule has 1 aliphatic rings. The van der Waals surface area contributed by atoms with Crippen LogP contribution in [0.5, 0.6) is 11.5 Å². The molecule has 146 valence electrons. The Kier molecular flexibility index (Phi) is 5.63. The molecule has 0 radical (unpaired) electrons. The minimum Gasteiger partial charge on any atom is -0.495 e. The zero-order chi connectivity index (χ0) is 20.4. The maximum absolute atomic E-state index is 13.3. The Morgan fingerprint density at radius 3 is 2.07 bits per heavy atom. The highest BCUT2D eigenvalue weighted by molar-refractivity contribution is 6.30. The first-order chi connectivity index (χ1) is 13.4. The van der Waals surface area contributed by atoms with Crippen LogP contribution in [0.1, 0.15) is 50.6 Å². The molecule has 0 unspecified atom stereocenters. The average Bonchev–Trinajstić information content (AvgIpc) is 2.70. The Morgan fingerprint density at radius 1 is 1.00 bits per heavy atom. The van der Waals surface area contributed by atoms with E-state index in [1.165, 1.54) is 21.3 Å². The van der Waals surface area contributed by atoms with Crippen LogP contribution in [0.15, 0.2) is 42.5 Å². The fraction of sp³-hybridized carbons (Fsp3) is 0.273. The number of benzene rings is 2. The molecule has 0 saturated carbocycles. The molecular formula is C22H22O6. The second-order valence-corrected chi connectivity index (χ2v) is 6.50. The molecule has 0 atom stereocenters. The molecule has 0 bridgehead atoms. The number of ketones is 2. The van der Waals surface area contributed by atoms with Crippen LogP contribution >= 0.6 is 0 Å². The molecule has 0 saturated heterocycles. The summed E-state index contributed by atoms with van der Waals surface area (Å²) in [4.78, 5) is 26.5. The molecule has 0 aromatic heterocycles. The predicted molar refractivity (Wildman–Crippen MR) is 103 cm³/mol. The Labute approximate surface area is 163 Å². The molecule has 0 heterocycles. The summed E-state index contributed by atoms with van der Waals surface area (Å²) >= 11 is 0. The van der Waals surface area contributed by atoms with E-state index in [9.17, 15) is 9.59 Å². The maximum atomic E-state index is 13.3. The number of carbonyl (C=O) groups is 2. The van der Waals surface area contributed by atoms with Gasteiger partial charge in [-0.1, -0.05) is 30.8 Å². The van der Waals surface area contributed by atoms with Gasteiger partial charge in [0.05, 0.1) is 23.8 Å². The lowest BCUT2D eigenvalue weighted by atomic mass is 9.82. The zero-order valence-electron chi connectivity index (χ0n) is 16.3. The molecule has 0 aliphatic heterocycles. The molecule has 0 fully saturated rings. The van der Waals surface area contributed by atoms with Crippen molar-refractivity contribution < 1.29 is 28.5 Å². The smallest absolute Gasteiger partial charge is 0.198 e. The summed E-state index contributed by atoms with van der Waals surface area (Å²) in [7, 11) is 4.39. The SMILES string of the molecule is C=C(C)COc1cc(C(OC)OC)c(OC)c2c1C(=O)c1ccccc1C2=O. The van der Waals surface area contributed by atoms with Crippen LogP contribution in [0.4, 0.5) is 0 Å². The highest BCUT2D eigenvalue weighted by Crippen LogP contribution is 2.43. The van der Waals surface area contributed by atoms with Crippen molar-refractivity contribution >= 4 is 11.6 Å². The van der Waals surface area contributed by atoms with E-state index in [4.69, 9.17) is 18.9 Å². The largest absolute Gasteiger partial charge is 0.495 e. The number of rotatable bonds is 7. The van der Waals surface area contributed by atoms with Crippen LogP contribution in [-0.4, -0.2) is 39.5 Å². The summed E-state index contributed by atoms with van der Waals surface area (Å²) < 4.78 is 22.1. The Bertz CT molecular complexity index is 956. The van der Waals surface area contributed by atoms with Gasteiger partial charge in [-0.2, -0.15) is 0 Å². The minimum atomic E-state index is -0.799. The number of fused-ring (bicyclic) bond motifs is 2. The van der Waals surface area contributed by atoms with Gasteiger partial charge in [0, 0.05) is 25.3 Å². The van der Waals surface area contributed by atoms with Gasteiger partial charge in [-0.25, -0.2) is 0 Å². The van der Waals surface area contributed by atoms with E-state index in [1.807, 2.05) is 6.92 Å². The number of hydrogen-bond donors (Lipinski definition) is 0. The van der Waals surface area contributed by atoms with Crippen molar-refractivity contribution in [3.8, 4) is 11.5 Å². The van der Waals surface area contributed by atoms with Crippen molar-refractivity contribution in [1.82, 2.24) is 0 Å². The fourth-order valence-corrected chi connectivity index (χ4v) is 3.31. The minimum absolute atomic E-state index is 0.152. The summed E-state index contributed by atoms with van der Waals surface area (Å²) in [6, 6.07) is 8.33. The van der Waals surface area contributed by atoms with Crippen molar-refractivity contribution in [1.29, 1.82) is 0 Å². The van der Waals surface area contributed by atoms with Gasteiger partial charge in [-0.15, -0.1) is 0 Å². The number of hydrogen-bond acceptors (Lipinski definition) is 6. The Morgan fingerprint density at radius 2 is 1.57 bits per heavy atom. The second-order valence-electron chi connectivity index (χ2n) is 6.50. The molecule has 1 aliphatic carbocycles. The van der Waals surface area contributed by atoms with Crippen LogP contribution in [-0.2, 0) is 9.47 Å². The van der Waals surface area contributed by atoms with Crippen molar-refractivity contribution in [3.05, 3.63) is 70.3 Å². The molecule has 0 N–H and O–H groups in total. The van der Waals surface area contributed by atoms with Gasteiger partial charge in [0.2, 0.25) is 0 Å². The van der Waals surface area contributed by atoms with Crippen molar-refractivity contribution in [2.75, 3.05) is 27.9 Å². The predicted octanol–water partition coefficient (Wildman–Crippen LogP) is 3.72. The zero-order valence-corrected chi connectivity index (χ0v) is 16.3. The van der Waals surface area contributed by atoms with Gasteiger partial charge in [0.25, 0.3) is 0 Å². The lowest BCUT2D eigenvalue weighted by Crippen LogP contribution is -2.24. The highest BCUT2D eigenvalue weighted by atomic mass is 16.7. The van der Waals surface area contributed by atoms with E-state index in [2.05, 4.69) is 6.58 Å². The molecular weight excluding hydrogens is 360 g/mol. The molecule has 0 spiro atoms. The van der Waals surface area contributed by atoms with Gasteiger partial charge in [-0.05, 0) is 18.6 Å². The van der Waals surface area contributed by atoms with Crippen LogP contribution in [0.25, 0.3) is 0 Å². The van der Waals surface area contributed by atoms with Crippen molar-refractivity contribution in [2.24, 2.45) is 0 Å². The van der Waals surface area contributed by atoms with Crippen LogP contribution in [0.3, 0.4) is 0 Å². The molecule has 3 rings (SSSR count). The highest BCUT2D eigenvalue weighted by Gasteiger charge is 2.37. The monoisotopic (exact) mass is 382 g/mol. The average molecular weight is 382 g/mol. The first-order valence-electron chi connectivity index (χ1n) is 8.70. The summed E-state index contributed by atoms with van der Waals surface area (Å²) in [5.74, 6) is -0.104. The fourth-order valence-electron chi connectivity index (χ4n) is 3.31. The van der Waals surface area contributed by atoms with Crippen molar-refractivity contribution in [2.45, 2.75) is 13.2 Å². The maximum Gasteiger partial charge on any atom is 0.198 e. The van der Waals surface area contributed by atoms with E-state index in [0.717, 1.165) is 5.57 Å². The summed E-state index contributed by atoms with van der Waals surface area (Å²) in [6.07, 6.45) is -0.799. The topological polar surface area (TPSA) is 71.1 Å². The van der Waals surface area contributed by atoms with Gasteiger partial charge < -0.3 is 18.9 Å². The van der Waals surface area contributed by atoms with E-state index >= 15 is 0 Å². The van der Waals surface area contributed by atoms with E-state index in [1.54, 1.807) is 30.3 Å². The first kappa shape index (κ1) is 19.8. The van der Waals surface area contributed by atoms with Crippen LogP contribution in [0, 0.1) is 0 Å². The van der Waals surface area contributed by atoms with E-state index in [0.29, 0.717) is 16.7 Å². The molecule has 6 nitrogen and oxygen atoms in total. The normalized spacial score (nSPS) is 12.6. The lowest BCUT2D eigenvalue weighted by molar-refractivity contribution is -0.107. The molecule has 0 amide bonds. The summed E-state index contributed by atoms with van der Waals surface area (Å²) in [6.45, 7) is 5.84. The van der Waals surface area contributed by atoms with Crippen LogP contribution in [0.2, 0.25) is 0 Å². The van der Waals surface area contributed by atoms with Gasteiger partial charge in [0.15, 0.2) is 17.9 Å². The summed E-state index contributed by atoms with van der Waals surface area (Å²) in [5, 5.41) is 0. The third-order valence-corrected chi connectivity index (χ3v) is 4.50. The van der Waals surface area contributed by atoms with Gasteiger partial charge in [-0.3, -0.25) is 9.59 Å². The van der Waals surface area contributed by atoms with Crippen molar-refractivity contribution in [3.63, 3.8) is 0 Å². The van der Waals surface area contributed by atoms with Crippen LogP contribution < -0.4 is 9.47 Å². The Balaban J connectivity index is 2.33. The number of carbonyl (C=O) groups excluding carboxylic acids is 2. The Hall–Kier alpha value is -2.96. The second kappa shape index (κ2) is 7.96. The molecule has 2 aromatic rings. The molecule has 28 heavy (non-hydrogen) atoms. The lowest BCUT2D eigenvalue weighted by Gasteiger charge is -2.26. The van der Waals surface area contributed by atoms with E-state index in [-0.39, 0.29) is 40.8 Å². The number of methoxy groups -OCH3 is 3. The number of ether oxygens (including phenoxy) is 4. The van der Waals surface area contributed by atoms with E-state index < -0.39 is 6.29 Å².